The van der Waals surface area contributed by atoms with E-state index >= 15 is 0 Å². The number of anilines is 1. The summed E-state index contributed by atoms with van der Waals surface area (Å²) in [4.78, 5) is 13.7. The fraction of sp³-hybridized carbons (Fsp3) is 0.0588. The Hall–Kier alpha value is -2.73. The van der Waals surface area contributed by atoms with Gasteiger partial charge < -0.3 is 10.1 Å². The monoisotopic (exact) mass is 328 g/mol. The molecule has 3 rings (SSSR count). The molecule has 116 valence electrons. The minimum absolute atomic E-state index is 0.124. The number of ether oxygens (including phenoxy) is 1. The highest BCUT2D eigenvalue weighted by molar-refractivity contribution is 7.80. The summed E-state index contributed by atoms with van der Waals surface area (Å²) in [5.74, 6) is -0.292. The quantitative estimate of drug-likeness (QED) is 0.694. The van der Waals surface area contributed by atoms with Gasteiger partial charge >= 0.3 is 0 Å². The zero-order chi connectivity index (χ0) is 16.4. The number of amides is 1. The van der Waals surface area contributed by atoms with Gasteiger partial charge in [-0.25, -0.2) is 9.29 Å². The Labute approximate surface area is 138 Å². The Bertz CT molecular complexity index is 820. The van der Waals surface area contributed by atoms with Crippen LogP contribution in [0.4, 0.5) is 10.1 Å². The summed E-state index contributed by atoms with van der Waals surface area (Å²) in [6, 6.07) is 13.3. The molecule has 23 heavy (non-hydrogen) atoms. The molecule has 0 radical (unpaired) electrons. The summed E-state index contributed by atoms with van der Waals surface area (Å²) in [7, 11) is 1.55. The smallest absolute Gasteiger partial charge is 0.281 e. The van der Waals surface area contributed by atoms with Crippen molar-refractivity contribution in [1.82, 2.24) is 5.32 Å². The van der Waals surface area contributed by atoms with Gasteiger partial charge in [0.15, 0.2) is 5.11 Å². The lowest BCUT2D eigenvalue weighted by atomic mass is 10.1. The Morgan fingerprint density at radius 3 is 2.61 bits per heavy atom. The van der Waals surface area contributed by atoms with Crippen molar-refractivity contribution >= 4 is 35.0 Å². The van der Waals surface area contributed by atoms with Crippen molar-refractivity contribution in [1.29, 1.82) is 0 Å². The van der Waals surface area contributed by atoms with Crippen LogP contribution in [0.25, 0.3) is 6.08 Å². The molecule has 0 bridgehead atoms. The Morgan fingerprint density at radius 2 is 1.87 bits per heavy atom. The third-order valence-corrected chi connectivity index (χ3v) is 3.69. The van der Waals surface area contributed by atoms with Gasteiger partial charge in [0.05, 0.1) is 12.8 Å². The molecule has 1 heterocycles. The number of carbonyl (C=O) groups is 1. The van der Waals surface area contributed by atoms with Gasteiger partial charge in [0, 0.05) is 5.56 Å². The Balaban J connectivity index is 1.99. The molecule has 1 N–H and O–H groups in total. The number of thiocarbonyl (C=S) groups is 1. The number of benzene rings is 2. The second-order valence-corrected chi connectivity index (χ2v) is 5.21. The van der Waals surface area contributed by atoms with E-state index in [2.05, 4.69) is 5.32 Å². The van der Waals surface area contributed by atoms with Crippen LogP contribution in [0.1, 0.15) is 5.56 Å². The number of para-hydroxylation sites is 2. The maximum atomic E-state index is 13.9. The maximum absolute atomic E-state index is 13.9. The molecule has 0 atom stereocenters. The zero-order valence-electron chi connectivity index (χ0n) is 12.2. The van der Waals surface area contributed by atoms with Crippen LogP contribution in [0, 0.1) is 5.82 Å². The summed E-state index contributed by atoms with van der Waals surface area (Å²) in [6.45, 7) is 0. The van der Waals surface area contributed by atoms with Crippen molar-refractivity contribution in [2.24, 2.45) is 0 Å². The minimum atomic E-state index is -0.511. The van der Waals surface area contributed by atoms with E-state index in [0.717, 1.165) is 10.5 Å². The largest absolute Gasteiger partial charge is 0.496 e. The highest BCUT2D eigenvalue weighted by Crippen LogP contribution is 2.26. The number of nitrogens with one attached hydrogen (secondary N) is 1. The summed E-state index contributed by atoms with van der Waals surface area (Å²) >= 11 is 5.17. The van der Waals surface area contributed by atoms with E-state index in [1.807, 2.05) is 18.2 Å². The second-order valence-electron chi connectivity index (χ2n) is 4.82. The van der Waals surface area contributed by atoms with Crippen LogP contribution in [0.2, 0.25) is 0 Å². The molecule has 0 aromatic heterocycles. The molecule has 0 unspecified atom stereocenters. The molecule has 2 aromatic carbocycles. The molecule has 4 nitrogen and oxygen atoms in total. The van der Waals surface area contributed by atoms with E-state index in [0.29, 0.717) is 5.75 Å². The fourth-order valence-electron chi connectivity index (χ4n) is 2.33. The number of nitrogens with zero attached hydrogens (tertiary/aromatic N) is 1. The molecule has 1 amide bonds. The lowest BCUT2D eigenvalue weighted by Crippen LogP contribution is -2.31. The van der Waals surface area contributed by atoms with E-state index < -0.39 is 11.7 Å². The number of methoxy groups -OCH3 is 1. The summed E-state index contributed by atoms with van der Waals surface area (Å²) in [5.41, 5.74) is 1.12. The standard InChI is InChI=1S/C17H13FN2O2S/c1-22-15-9-5-2-6-11(15)10-13-16(21)20(17(23)19-13)14-8-4-3-7-12(14)18/h2-10H,1H3,(H,19,23)/b13-10-. The lowest BCUT2D eigenvalue weighted by Gasteiger charge is -2.14. The molecule has 1 aliphatic heterocycles. The first-order valence-electron chi connectivity index (χ1n) is 6.86. The van der Waals surface area contributed by atoms with Crippen molar-refractivity contribution in [3.63, 3.8) is 0 Å². The van der Waals surface area contributed by atoms with Crippen LogP contribution in [0.15, 0.2) is 54.2 Å². The van der Waals surface area contributed by atoms with Crippen LogP contribution >= 0.6 is 12.2 Å². The van der Waals surface area contributed by atoms with Crippen LogP contribution in [0.3, 0.4) is 0 Å². The predicted octanol–water partition coefficient (Wildman–Crippen LogP) is 3.10. The van der Waals surface area contributed by atoms with Crippen molar-refractivity contribution in [2.45, 2.75) is 0 Å². The van der Waals surface area contributed by atoms with E-state index in [1.54, 1.807) is 31.4 Å². The van der Waals surface area contributed by atoms with Gasteiger partial charge in [-0.05, 0) is 36.5 Å². The van der Waals surface area contributed by atoms with E-state index in [-0.39, 0.29) is 16.5 Å². The summed E-state index contributed by atoms with van der Waals surface area (Å²) < 4.78 is 19.2. The number of carbonyl (C=O) groups excluding carboxylic acids is 1. The summed E-state index contributed by atoms with van der Waals surface area (Å²) in [5, 5.41) is 2.97. The van der Waals surface area contributed by atoms with Gasteiger partial charge in [0.25, 0.3) is 5.91 Å². The molecular weight excluding hydrogens is 315 g/mol. The topological polar surface area (TPSA) is 41.6 Å². The average molecular weight is 328 g/mol. The van der Waals surface area contributed by atoms with Crippen LogP contribution in [0.5, 0.6) is 5.75 Å². The molecule has 1 fully saturated rings. The van der Waals surface area contributed by atoms with Gasteiger partial charge in [0.2, 0.25) is 0 Å². The molecule has 2 aromatic rings. The lowest BCUT2D eigenvalue weighted by molar-refractivity contribution is -0.113. The number of hydrogen-bond donors (Lipinski definition) is 1. The third kappa shape index (κ3) is 2.80. The van der Waals surface area contributed by atoms with Crippen LogP contribution in [-0.2, 0) is 4.79 Å². The van der Waals surface area contributed by atoms with Gasteiger partial charge in [-0.15, -0.1) is 0 Å². The first-order chi connectivity index (χ1) is 11.1. The predicted molar refractivity (Wildman–Crippen MR) is 90.6 cm³/mol. The molecule has 1 saturated heterocycles. The van der Waals surface area contributed by atoms with Crippen molar-refractivity contribution < 1.29 is 13.9 Å². The molecule has 1 aliphatic rings. The zero-order valence-corrected chi connectivity index (χ0v) is 13.1. The third-order valence-electron chi connectivity index (χ3n) is 3.41. The first kappa shape index (κ1) is 15.2. The molecular formula is C17H13FN2O2S. The van der Waals surface area contributed by atoms with Crippen molar-refractivity contribution in [2.75, 3.05) is 12.0 Å². The minimum Gasteiger partial charge on any atom is -0.496 e. The molecule has 0 aliphatic carbocycles. The highest BCUT2D eigenvalue weighted by Gasteiger charge is 2.33. The van der Waals surface area contributed by atoms with Crippen LogP contribution < -0.4 is 15.0 Å². The van der Waals surface area contributed by atoms with Crippen LogP contribution in [-0.4, -0.2) is 18.1 Å². The summed E-state index contributed by atoms with van der Waals surface area (Å²) in [6.07, 6.45) is 1.63. The van der Waals surface area contributed by atoms with E-state index in [1.165, 1.54) is 12.1 Å². The second kappa shape index (κ2) is 6.18. The van der Waals surface area contributed by atoms with Gasteiger partial charge in [-0.2, -0.15) is 0 Å². The Kier molecular flexibility index (Phi) is 4.08. The molecule has 0 saturated carbocycles. The van der Waals surface area contributed by atoms with Crippen molar-refractivity contribution in [3.8, 4) is 5.75 Å². The average Bonchev–Trinajstić information content (AvgIpc) is 2.83. The van der Waals surface area contributed by atoms with Gasteiger partial charge in [-0.3, -0.25) is 4.79 Å². The van der Waals surface area contributed by atoms with Gasteiger partial charge in [0.1, 0.15) is 17.3 Å². The molecule has 0 spiro atoms. The Morgan fingerprint density at radius 1 is 1.17 bits per heavy atom. The number of halogens is 1. The fourth-order valence-corrected chi connectivity index (χ4v) is 2.62. The van der Waals surface area contributed by atoms with Crippen molar-refractivity contribution in [3.05, 3.63) is 65.6 Å². The first-order valence-corrected chi connectivity index (χ1v) is 7.27. The molecule has 6 heteroatoms. The SMILES string of the molecule is COc1ccccc1/C=C1\NC(=S)N(c2ccccc2F)C1=O. The highest BCUT2D eigenvalue weighted by atomic mass is 32.1. The number of hydrogen-bond acceptors (Lipinski definition) is 3. The van der Waals surface area contributed by atoms with Gasteiger partial charge in [-0.1, -0.05) is 30.3 Å². The van der Waals surface area contributed by atoms with E-state index in [4.69, 9.17) is 17.0 Å². The number of rotatable bonds is 3. The maximum Gasteiger partial charge on any atom is 0.281 e. The normalized spacial score (nSPS) is 15.9. The van der Waals surface area contributed by atoms with E-state index in [9.17, 15) is 9.18 Å².